The Morgan fingerprint density at radius 2 is 1.55 bits per heavy atom. The zero-order valence-electron chi connectivity index (χ0n) is 15.4. The highest BCUT2D eigenvalue weighted by Crippen LogP contribution is 2.49. The van der Waals surface area contributed by atoms with Crippen LogP contribution in [0.3, 0.4) is 0 Å². The Morgan fingerprint density at radius 1 is 1.00 bits per heavy atom. The highest BCUT2D eigenvalue weighted by molar-refractivity contribution is 7.85. The lowest BCUT2D eigenvalue weighted by molar-refractivity contribution is 0.197. The number of hydrogen-bond acceptors (Lipinski definition) is 2. The normalized spacial score (nSPS) is 27.3. The first-order valence-electron chi connectivity index (χ1n) is 8.85. The van der Waals surface area contributed by atoms with Gasteiger partial charge in [-0.3, -0.25) is 4.55 Å². The van der Waals surface area contributed by atoms with Gasteiger partial charge in [-0.25, -0.2) is 0 Å². The molecule has 0 aromatic carbocycles. The summed E-state index contributed by atoms with van der Waals surface area (Å²) in [6, 6.07) is 0. The van der Waals surface area contributed by atoms with E-state index in [0.29, 0.717) is 17.3 Å². The van der Waals surface area contributed by atoms with Crippen LogP contribution in [0.1, 0.15) is 80.1 Å². The molecule has 1 rings (SSSR count). The Labute approximate surface area is 138 Å². The zero-order valence-corrected chi connectivity index (χ0v) is 16.2. The minimum Gasteiger partial charge on any atom is -0.286 e. The molecule has 0 bridgehead atoms. The van der Waals surface area contributed by atoms with E-state index in [1.54, 1.807) is 0 Å². The number of rotatable bonds is 8. The molecule has 3 nitrogen and oxygen atoms in total. The third-order valence-electron chi connectivity index (χ3n) is 6.43. The number of hydrogen-bond donors (Lipinski definition) is 1. The quantitative estimate of drug-likeness (QED) is 0.624. The molecule has 1 saturated carbocycles. The van der Waals surface area contributed by atoms with Gasteiger partial charge >= 0.3 is 0 Å². The second-order valence-corrected chi connectivity index (χ2v) is 10.3. The SMILES string of the molecule is CCC(C)(C)CCC1CC(C(C)(C)CC)CC1CS(=O)(=O)O. The molecule has 0 spiro atoms. The molecule has 3 atom stereocenters. The van der Waals surface area contributed by atoms with Crippen molar-refractivity contribution in [2.75, 3.05) is 5.75 Å². The van der Waals surface area contributed by atoms with Crippen LogP contribution in [0, 0.1) is 28.6 Å². The van der Waals surface area contributed by atoms with E-state index in [9.17, 15) is 13.0 Å². The lowest BCUT2D eigenvalue weighted by Crippen LogP contribution is -2.22. The van der Waals surface area contributed by atoms with Crippen LogP contribution in [0.4, 0.5) is 0 Å². The molecule has 132 valence electrons. The maximum absolute atomic E-state index is 11.4. The predicted octanol–water partition coefficient (Wildman–Crippen LogP) is 5.17. The van der Waals surface area contributed by atoms with Gasteiger partial charge in [-0.2, -0.15) is 8.42 Å². The van der Waals surface area contributed by atoms with Gasteiger partial charge in [0.2, 0.25) is 0 Å². The summed E-state index contributed by atoms with van der Waals surface area (Å²) < 4.78 is 32.0. The fraction of sp³-hybridized carbons (Fsp3) is 1.00. The van der Waals surface area contributed by atoms with Crippen molar-refractivity contribution in [3.05, 3.63) is 0 Å². The molecule has 1 aliphatic carbocycles. The molecule has 0 saturated heterocycles. The predicted molar refractivity (Wildman–Crippen MR) is 93.5 cm³/mol. The lowest BCUT2D eigenvalue weighted by Gasteiger charge is -2.31. The van der Waals surface area contributed by atoms with Gasteiger partial charge in [-0.15, -0.1) is 0 Å². The Bertz CT molecular complexity index is 451. The molecule has 1 fully saturated rings. The molecular weight excluding hydrogens is 296 g/mol. The lowest BCUT2D eigenvalue weighted by atomic mass is 9.75. The largest absolute Gasteiger partial charge is 0.286 e. The van der Waals surface area contributed by atoms with E-state index in [4.69, 9.17) is 0 Å². The molecule has 0 amide bonds. The van der Waals surface area contributed by atoms with Gasteiger partial charge in [0.15, 0.2) is 0 Å². The third kappa shape index (κ3) is 5.84. The topological polar surface area (TPSA) is 54.4 Å². The van der Waals surface area contributed by atoms with Crippen LogP contribution in [0.15, 0.2) is 0 Å². The smallest absolute Gasteiger partial charge is 0.265 e. The van der Waals surface area contributed by atoms with Crippen LogP contribution in [-0.4, -0.2) is 18.7 Å². The highest BCUT2D eigenvalue weighted by atomic mass is 32.2. The fourth-order valence-corrected chi connectivity index (χ4v) is 4.67. The summed E-state index contributed by atoms with van der Waals surface area (Å²) in [7, 11) is -3.88. The molecule has 22 heavy (non-hydrogen) atoms. The van der Waals surface area contributed by atoms with Crippen LogP contribution in [0.5, 0.6) is 0 Å². The Hall–Kier alpha value is -0.0900. The van der Waals surface area contributed by atoms with E-state index in [1.807, 2.05) is 0 Å². The second-order valence-electron chi connectivity index (χ2n) is 8.84. The first-order chi connectivity index (χ1) is 9.90. The van der Waals surface area contributed by atoms with Gasteiger partial charge in [0, 0.05) is 0 Å². The molecule has 0 radical (unpaired) electrons. The van der Waals surface area contributed by atoms with E-state index in [-0.39, 0.29) is 17.1 Å². The summed E-state index contributed by atoms with van der Waals surface area (Å²) in [6.45, 7) is 13.6. The molecule has 1 N–H and O–H groups in total. The van der Waals surface area contributed by atoms with Gasteiger partial charge in [-0.1, -0.05) is 54.4 Å². The molecule has 1 aliphatic rings. The minimum atomic E-state index is -3.88. The Kier molecular flexibility index (Phi) is 6.54. The van der Waals surface area contributed by atoms with Crippen molar-refractivity contribution >= 4 is 10.1 Å². The van der Waals surface area contributed by atoms with Crippen LogP contribution in [-0.2, 0) is 10.1 Å². The van der Waals surface area contributed by atoms with Crippen molar-refractivity contribution < 1.29 is 13.0 Å². The van der Waals surface area contributed by atoms with Crippen molar-refractivity contribution in [3.8, 4) is 0 Å². The van der Waals surface area contributed by atoms with Crippen molar-refractivity contribution in [2.24, 2.45) is 28.6 Å². The van der Waals surface area contributed by atoms with Crippen LogP contribution in [0.2, 0.25) is 0 Å². The summed E-state index contributed by atoms with van der Waals surface area (Å²) >= 11 is 0. The molecule has 0 aromatic heterocycles. The Balaban J connectivity index is 2.81. The van der Waals surface area contributed by atoms with E-state index in [2.05, 4.69) is 41.5 Å². The third-order valence-corrected chi connectivity index (χ3v) is 7.28. The molecule has 3 unspecified atom stereocenters. The summed E-state index contributed by atoms with van der Waals surface area (Å²) in [5.41, 5.74) is 0.577. The van der Waals surface area contributed by atoms with Crippen LogP contribution < -0.4 is 0 Å². The van der Waals surface area contributed by atoms with Gasteiger partial charge in [0.05, 0.1) is 5.75 Å². The standard InChI is InChI=1S/C18H36O3S/c1-7-17(3,4)10-9-14-11-16(18(5,6)8-2)12-15(14)13-22(19,20)21/h14-16H,7-13H2,1-6H3,(H,19,20,21). The minimum absolute atomic E-state index is 0.0550. The van der Waals surface area contributed by atoms with E-state index < -0.39 is 10.1 Å². The average Bonchev–Trinajstić information content (AvgIpc) is 2.78. The molecule has 0 aromatic rings. The molecule has 0 heterocycles. The molecule has 4 heteroatoms. The summed E-state index contributed by atoms with van der Waals surface area (Å²) in [6.07, 6.45) is 6.53. The van der Waals surface area contributed by atoms with E-state index in [1.165, 1.54) is 0 Å². The van der Waals surface area contributed by atoms with Crippen molar-refractivity contribution in [2.45, 2.75) is 80.1 Å². The van der Waals surface area contributed by atoms with Crippen molar-refractivity contribution in [1.82, 2.24) is 0 Å². The van der Waals surface area contributed by atoms with Gasteiger partial charge < -0.3 is 0 Å². The van der Waals surface area contributed by atoms with E-state index >= 15 is 0 Å². The fourth-order valence-electron chi connectivity index (χ4n) is 3.72. The highest BCUT2D eigenvalue weighted by Gasteiger charge is 2.42. The van der Waals surface area contributed by atoms with E-state index in [0.717, 1.165) is 38.5 Å². The maximum Gasteiger partial charge on any atom is 0.265 e. The summed E-state index contributed by atoms with van der Waals surface area (Å²) in [4.78, 5) is 0. The van der Waals surface area contributed by atoms with Crippen LogP contribution >= 0.6 is 0 Å². The maximum atomic E-state index is 11.4. The van der Waals surface area contributed by atoms with Gasteiger partial charge in [0.1, 0.15) is 0 Å². The summed E-state index contributed by atoms with van der Waals surface area (Å²) in [5, 5.41) is 0. The zero-order chi connectivity index (χ0) is 17.2. The Morgan fingerprint density at radius 3 is 2.00 bits per heavy atom. The van der Waals surface area contributed by atoms with Gasteiger partial charge in [0.25, 0.3) is 10.1 Å². The second kappa shape index (κ2) is 7.21. The van der Waals surface area contributed by atoms with Gasteiger partial charge in [-0.05, 0) is 54.3 Å². The molecule has 0 aliphatic heterocycles. The first kappa shape index (κ1) is 20.0. The first-order valence-corrected chi connectivity index (χ1v) is 10.5. The van der Waals surface area contributed by atoms with Crippen molar-refractivity contribution in [3.63, 3.8) is 0 Å². The molecular formula is C18H36O3S. The average molecular weight is 333 g/mol. The van der Waals surface area contributed by atoms with Crippen molar-refractivity contribution in [1.29, 1.82) is 0 Å². The van der Waals surface area contributed by atoms with Crippen LogP contribution in [0.25, 0.3) is 0 Å². The monoisotopic (exact) mass is 332 g/mol. The summed E-state index contributed by atoms with van der Waals surface area (Å²) in [5.74, 6) is 1.07.